The van der Waals surface area contributed by atoms with Crippen molar-refractivity contribution in [2.45, 2.75) is 47.1 Å². The summed E-state index contributed by atoms with van der Waals surface area (Å²) in [6.45, 7) is 9.10. The zero-order valence-electron chi connectivity index (χ0n) is 16.2. The van der Waals surface area contributed by atoms with E-state index in [-0.39, 0.29) is 11.8 Å². The van der Waals surface area contributed by atoms with Crippen LogP contribution in [-0.2, 0) is 29.0 Å². The number of hydrogen-bond acceptors (Lipinski definition) is 3. The Kier molecular flexibility index (Phi) is 6.55. The average molecular weight is 356 g/mol. The Morgan fingerprint density at radius 2 is 1.73 bits per heavy atom. The molecule has 2 amide bonds. The van der Waals surface area contributed by atoms with Gasteiger partial charge in [0.1, 0.15) is 0 Å². The van der Waals surface area contributed by atoms with Crippen molar-refractivity contribution in [3.8, 4) is 0 Å². The highest BCUT2D eigenvalue weighted by molar-refractivity contribution is 5.92. The Morgan fingerprint density at radius 3 is 2.31 bits per heavy atom. The molecule has 0 fully saturated rings. The first-order valence-corrected chi connectivity index (χ1v) is 8.92. The van der Waals surface area contributed by atoms with Crippen LogP contribution in [0.2, 0.25) is 0 Å². The summed E-state index contributed by atoms with van der Waals surface area (Å²) in [5.41, 5.74) is 4.57. The number of nitrogens with zero attached hydrogens (tertiary/aromatic N) is 2. The molecule has 140 valence electrons. The molecule has 0 spiro atoms. The van der Waals surface area contributed by atoms with Gasteiger partial charge in [-0.1, -0.05) is 26.0 Å². The topological polar surface area (TPSA) is 76.0 Å². The fraction of sp³-hybridized carbons (Fsp3) is 0.450. The Bertz CT molecular complexity index is 776. The third-order valence-electron chi connectivity index (χ3n) is 4.29. The number of nitrogens with one attached hydrogen (secondary N) is 2. The monoisotopic (exact) mass is 356 g/mol. The minimum Gasteiger partial charge on any atom is -0.359 e. The highest BCUT2D eigenvalue weighted by Gasteiger charge is 2.15. The predicted molar refractivity (Wildman–Crippen MR) is 103 cm³/mol. The maximum Gasteiger partial charge on any atom is 0.228 e. The number of amides is 2. The van der Waals surface area contributed by atoms with Gasteiger partial charge >= 0.3 is 0 Å². The summed E-state index contributed by atoms with van der Waals surface area (Å²) in [7, 11) is 1.62. The molecule has 2 N–H and O–H groups in total. The first kappa shape index (κ1) is 19.7. The third-order valence-corrected chi connectivity index (χ3v) is 4.29. The largest absolute Gasteiger partial charge is 0.359 e. The number of anilines is 1. The van der Waals surface area contributed by atoms with Crippen LogP contribution >= 0.6 is 0 Å². The van der Waals surface area contributed by atoms with Crippen LogP contribution in [0.25, 0.3) is 0 Å². The lowest BCUT2D eigenvalue weighted by molar-refractivity contribution is -0.120. The molecule has 0 aliphatic carbocycles. The molecule has 2 rings (SSSR count). The number of hydrogen-bond donors (Lipinski definition) is 2. The summed E-state index contributed by atoms with van der Waals surface area (Å²) in [4.78, 5) is 23.8. The molecule has 26 heavy (non-hydrogen) atoms. The van der Waals surface area contributed by atoms with Crippen LogP contribution < -0.4 is 10.6 Å². The SMILES string of the molecule is CNC(=O)Cc1ccc(NC(=O)Cc2c(C)nn(CC(C)C)c2C)cc1. The molecular weight excluding hydrogens is 328 g/mol. The fourth-order valence-electron chi connectivity index (χ4n) is 2.86. The van der Waals surface area contributed by atoms with Crippen molar-refractivity contribution in [1.29, 1.82) is 0 Å². The van der Waals surface area contributed by atoms with Gasteiger partial charge in [0.05, 0.1) is 18.5 Å². The summed E-state index contributed by atoms with van der Waals surface area (Å²) in [5, 5.41) is 10.1. The van der Waals surface area contributed by atoms with Crippen LogP contribution in [0.15, 0.2) is 24.3 Å². The number of carbonyl (C=O) groups excluding carboxylic acids is 2. The van der Waals surface area contributed by atoms with Gasteiger partial charge in [0.25, 0.3) is 0 Å². The van der Waals surface area contributed by atoms with Crippen molar-refractivity contribution < 1.29 is 9.59 Å². The van der Waals surface area contributed by atoms with E-state index in [4.69, 9.17) is 0 Å². The Labute approximate surface area is 155 Å². The van der Waals surface area contributed by atoms with Gasteiger partial charge in [-0.15, -0.1) is 0 Å². The molecule has 1 aromatic carbocycles. The van der Waals surface area contributed by atoms with Gasteiger partial charge in [-0.05, 0) is 37.5 Å². The first-order chi connectivity index (χ1) is 12.3. The van der Waals surface area contributed by atoms with Gasteiger partial charge in [0, 0.05) is 30.5 Å². The van der Waals surface area contributed by atoms with Crippen LogP contribution in [0.3, 0.4) is 0 Å². The van der Waals surface area contributed by atoms with E-state index in [0.717, 1.165) is 34.7 Å². The van der Waals surface area contributed by atoms with Gasteiger partial charge in [0.15, 0.2) is 0 Å². The molecule has 1 heterocycles. The zero-order chi connectivity index (χ0) is 19.3. The van der Waals surface area contributed by atoms with E-state index in [0.29, 0.717) is 18.8 Å². The van der Waals surface area contributed by atoms with Crippen molar-refractivity contribution in [3.05, 3.63) is 46.8 Å². The number of carbonyl (C=O) groups is 2. The molecule has 0 radical (unpaired) electrons. The smallest absolute Gasteiger partial charge is 0.228 e. The van der Waals surface area contributed by atoms with Gasteiger partial charge in [-0.2, -0.15) is 5.10 Å². The van der Waals surface area contributed by atoms with Crippen LogP contribution in [0, 0.1) is 19.8 Å². The van der Waals surface area contributed by atoms with E-state index in [1.165, 1.54) is 0 Å². The standard InChI is InChI=1S/C20H28N4O2/c1-13(2)12-24-15(4)18(14(3)23-24)11-20(26)22-17-8-6-16(7-9-17)10-19(25)21-5/h6-9,13H,10-12H2,1-5H3,(H,21,25)(H,22,26). The average Bonchev–Trinajstić information content (AvgIpc) is 2.83. The van der Waals surface area contributed by atoms with Gasteiger partial charge in [-0.25, -0.2) is 0 Å². The Balaban J connectivity index is 2.01. The Morgan fingerprint density at radius 1 is 1.08 bits per heavy atom. The van der Waals surface area contributed by atoms with Crippen molar-refractivity contribution in [3.63, 3.8) is 0 Å². The number of benzene rings is 1. The van der Waals surface area contributed by atoms with Crippen LogP contribution in [0.1, 0.15) is 36.4 Å². The van der Waals surface area contributed by atoms with Crippen molar-refractivity contribution in [2.24, 2.45) is 5.92 Å². The minimum absolute atomic E-state index is 0.0360. The Hall–Kier alpha value is -2.63. The van der Waals surface area contributed by atoms with E-state index in [9.17, 15) is 9.59 Å². The second-order valence-electron chi connectivity index (χ2n) is 7.00. The summed E-state index contributed by atoms with van der Waals surface area (Å²) in [5.74, 6) is 0.397. The lowest BCUT2D eigenvalue weighted by Gasteiger charge is -2.09. The lowest BCUT2D eigenvalue weighted by atomic mass is 10.1. The normalized spacial score (nSPS) is 10.8. The number of rotatable bonds is 7. The molecular formula is C20H28N4O2. The molecule has 0 saturated carbocycles. The highest BCUT2D eigenvalue weighted by Crippen LogP contribution is 2.17. The molecule has 6 heteroatoms. The zero-order valence-corrected chi connectivity index (χ0v) is 16.2. The first-order valence-electron chi connectivity index (χ1n) is 8.92. The van der Waals surface area contributed by atoms with E-state index < -0.39 is 0 Å². The van der Waals surface area contributed by atoms with Gasteiger partial charge in [-0.3, -0.25) is 14.3 Å². The second kappa shape index (κ2) is 8.65. The lowest BCUT2D eigenvalue weighted by Crippen LogP contribution is -2.20. The predicted octanol–water partition coefficient (Wildman–Crippen LogP) is 2.63. The van der Waals surface area contributed by atoms with E-state index in [1.807, 2.05) is 42.8 Å². The molecule has 0 saturated heterocycles. The molecule has 0 unspecified atom stereocenters. The fourth-order valence-corrected chi connectivity index (χ4v) is 2.86. The van der Waals surface area contributed by atoms with Gasteiger partial charge < -0.3 is 10.6 Å². The second-order valence-corrected chi connectivity index (χ2v) is 7.00. The highest BCUT2D eigenvalue weighted by atomic mass is 16.2. The van der Waals surface area contributed by atoms with E-state index in [1.54, 1.807) is 7.05 Å². The van der Waals surface area contributed by atoms with Crippen LogP contribution in [0.5, 0.6) is 0 Å². The molecule has 0 atom stereocenters. The van der Waals surface area contributed by atoms with Crippen LogP contribution in [0.4, 0.5) is 5.69 Å². The summed E-state index contributed by atoms with van der Waals surface area (Å²) < 4.78 is 1.98. The van der Waals surface area contributed by atoms with E-state index in [2.05, 4.69) is 29.6 Å². The maximum absolute atomic E-state index is 12.4. The van der Waals surface area contributed by atoms with E-state index >= 15 is 0 Å². The van der Waals surface area contributed by atoms with Gasteiger partial charge in [0.2, 0.25) is 11.8 Å². The number of aryl methyl sites for hydroxylation is 1. The van der Waals surface area contributed by atoms with Crippen molar-refractivity contribution in [1.82, 2.24) is 15.1 Å². The molecule has 0 aliphatic rings. The molecule has 0 bridgehead atoms. The third kappa shape index (κ3) is 5.18. The summed E-state index contributed by atoms with van der Waals surface area (Å²) >= 11 is 0. The molecule has 6 nitrogen and oxygen atoms in total. The van der Waals surface area contributed by atoms with Crippen molar-refractivity contribution in [2.75, 3.05) is 12.4 Å². The molecule has 2 aromatic rings. The minimum atomic E-state index is -0.0700. The van der Waals surface area contributed by atoms with Crippen LogP contribution in [-0.4, -0.2) is 28.6 Å². The molecule has 1 aromatic heterocycles. The molecule has 0 aliphatic heterocycles. The number of likely N-dealkylation sites (N-methyl/N-ethyl adjacent to an activating group) is 1. The quantitative estimate of drug-likeness (QED) is 0.801. The summed E-state index contributed by atoms with van der Waals surface area (Å²) in [6, 6.07) is 7.33. The maximum atomic E-state index is 12.4. The number of aromatic nitrogens is 2. The summed E-state index contributed by atoms with van der Waals surface area (Å²) in [6.07, 6.45) is 0.633. The van der Waals surface area contributed by atoms with Crippen molar-refractivity contribution >= 4 is 17.5 Å².